The van der Waals surface area contributed by atoms with E-state index in [1.165, 1.54) is 0 Å². The van der Waals surface area contributed by atoms with Crippen molar-refractivity contribution in [1.29, 1.82) is 0 Å². The molecule has 1 heterocycles. The molecular formula is C6H12O3. The SMILES string of the molecule is CCOOCCC1CO1. The van der Waals surface area contributed by atoms with Gasteiger partial charge >= 0.3 is 0 Å². The molecule has 0 aromatic rings. The molecule has 0 spiro atoms. The zero-order chi connectivity index (χ0) is 6.53. The van der Waals surface area contributed by atoms with Gasteiger partial charge in [0.1, 0.15) is 0 Å². The number of rotatable bonds is 5. The molecular weight excluding hydrogens is 120 g/mol. The van der Waals surface area contributed by atoms with Crippen molar-refractivity contribution in [2.75, 3.05) is 19.8 Å². The molecule has 3 nitrogen and oxygen atoms in total. The molecule has 0 saturated carbocycles. The molecule has 1 unspecified atom stereocenters. The first kappa shape index (κ1) is 6.99. The van der Waals surface area contributed by atoms with E-state index < -0.39 is 0 Å². The Morgan fingerprint density at radius 3 is 2.89 bits per heavy atom. The summed E-state index contributed by atoms with van der Waals surface area (Å²) in [5.74, 6) is 0. The molecule has 0 amide bonds. The number of hydrogen-bond donors (Lipinski definition) is 0. The lowest BCUT2D eigenvalue weighted by Gasteiger charge is -1.97. The van der Waals surface area contributed by atoms with Gasteiger partial charge in [-0.1, -0.05) is 0 Å². The summed E-state index contributed by atoms with van der Waals surface area (Å²) in [6.45, 7) is 4.06. The van der Waals surface area contributed by atoms with Gasteiger partial charge in [-0.25, -0.2) is 9.78 Å². The molecule has 1 aliphatic rings. The van der Waals surface area contributed by atoms with Gasteiger partial charge in [-0.05, 0) is 6.92 Å². The lowest BCUT2D eigenvalue weighted by molar-refractivity contribution is -0.291. The molecule has 1 saturated heterocycles. The van der Waals surface area contributed by atoms with Gasteiger partial charge in [0.05, 0.1) is 25.9 Å². The minimum absolute atomic E-state index is 0.449. The quantitative estimate of drug-likeness (QED) is 0.239. The maximum Gasteiger partial charge on any atom is 0.0847 e. The van der Waals surface area contributed by atoms with Crippen LogP contribution in [0.25, 0.3) is 0 Å². The Labute approximate surface area is 54.8 Å². The van der Waals surface area contributed by atoms with Crippen LogP contribution in [0.4, 0.5) is 0 Å². The predicted octanol–water partition coefficient (Wildman–Crippen LogP) is 0.743. The fraction of sp³-hybridized carbons (Fsp3) is 1.00. The van der Waals surface area contributed by atoms with Crippen LogP contribution < -0.4 is 0 Å². The maximum absolute atomic E-state index is 4.95. The van der Waals surface area contributed by atoms with E-state index in [9.17, 15) is 0 Å². The Hall–Kier alpha value is -0.120. The van der Waals surface area contributed by atoms with Crippen molar-refractivity contribution in [3.8, 4) is 0 Å². The zero-order valence-corrected chi connectivity index (χ0v) is 5.63. The molecule has 0 N–H and O–H groups in total. The number of ether oxygens (including phenoxy) is 1. The van der Waals surface area contributed by atoms with Crippen molar-refractivity contribution in [2.24, 2.45) is 0 Å². The first-order valence-corrected chi connectivity index (χ1v) is 3.29. The van der Waals surface area contributed by atoms with E-state index in [1.54, 1.807) is 0 Å². The summed E-state index contributed by atoms with van der Waals surface area (Å²) in [6.07, 6.45) is 1.41. The molecule has 1 fully saturated rings. The molecule has 3 heteroatoms. The van der Waals surface area contributed by atoms with E-state index in [1.807, 2.05) is 6.92 Å². The van der Waals surface area contributed by atoms with Crippen molar-refractivity contribution in [3.63, 3.8) is 0 Å². The Morgan fingerprint density at radius 1 is 1.56 bits per heavy atom. The van der Waals surface area contributed by atoms with E-state index in [4.69, 9.17) is 9.62 Å². The van der Waals surface area contributed by atoms with Gasteiger partial charge in [-0.2, -0.15) is 0 Å². The molecule has 9 heavy (non-hydrogen) atoms. The van der Waals surface area contributed by atoms with Crippen LogP contribution in [-0.2, 0) is 14.5 Å². The second-order valence-electron chi connectivity index (χ2n) is 1.97. The fourth-order valence-electron chi connectivity index (χ4n) is 0.557. The lowest BCUT2D eigenvalue weighted by Crippen LogP contribution is -1.98. The summed E-state index contributed by atoms with van der Waals surface area (Å²) in [7, 11) is 0. The normalized spacial score (nSPS) is 24.3. The Balaban J connectivity index is 1.71. The molecule has 0 radical (unpaired) electrons. The monoisotopic (exact) mass is 132 g/mol. The molecule has 0 aromatic carbocycles. The van der Waals surface area contributed by atoms with E-state index >= 15 is 0 Å². The highest BCUT2D eigenvalue weighted by atomic mass is 17.2. The molecule has 54 valence electrons. The third kappa shape index (κ3) is 3.46. The van der Waals surface area contributed by atoms with Crippen LogP contribution in [-0.4, -0.2) is 25.9 Å². The first-order valence-electron chi connectivity index (χ1n) is 3.29. The highest BCUT2D eigenvalue weighted by molar-refractivity contribution is 4.67. The maximum atomic E-state index is 4.95. The van der Waals surface area contributed by atoms with Gasteiger partial charge in [-0.3, -0.25) is 0 Å². The van der Waals surface area contributed by atoms with E-state index in [0.29, 0.717) is 19.3 Å². The zero-order valence-electron chi connectivity index (χ0n) is 5.63. The van der Waals surface area contributed by atoms with E-state index in [-0.39, 0.29) is 0 Å². The van der Waals surface area contributed by atoms with Gasteiger partial charge in [0.2, 0.25) is 0 Å². The third-order valence-electron chi connectivity index (χ3n) is 1.13. The topological polar surface area (TPSA) is 31.0 Å². The van der Waals surface area contributed by atoms with Crippen LogP contribution in [0.15, 0.2) is 0 Å². The summed E-state index contributed by atoms with van der Waals surface area (Å²) < 4.78 is 4.95. The predicted molar refractivity (Wildman–Crippen MR) is 31.9 cm³/mol. The van der Waals surface area contributed by atoms with Gasteiger partial charge in [0.15, 0.2) is 0 Å². The highest BCUT2D eigenvalue weighted by Gasteiger charge is 2.21. The smallest absolute Gasteiger partial charge is 0.0847 e. The molecule has 1 rings (SSSR count). The van der Waals surface area contributed by atoms with Crippen molar-refractivity contribution >= 4 is 0 Å². The summed E-state index contributed by atoms with van der Waals surface area (Å²) >= 11 is 0. The van der Waals surface area contributed by atoms with Gasteiger partial charge in [-0.15, -0.1) is 0 Å². The summed E-state index contributed by atoms with van der Waals surface area (Å²) in [6, 6.07) is 0. The van der Waals surface area contributed by atoms with Crippen LogP contribution in [0.5, 0.6) is 0 Å². The van der Waals surface area contributed by atoms with Crippen LogP contribution in [0, 0.1) is 0 Å². The Morgan fingerprint density at radius 2 is 2.33 bits per heavy atom. The average Bonchev–Trinajstić information content (AvgIpc) is 2.63. The number of epoxide rings is 1. The van der Waals surface area contributed by atoms with Crippen molar-refractivity contribution < 1.29 is 14.5 Å². The standard InChI is InChI=1S/C6H12O3/c1-2-8-9-4-3-6-5-7-6/h6H,2-5H2,1H3. The second kappa shape index (κ2) is 3.82. The summed E-state index contributed by atoms with van der Waals surface area (Å²) in [5, 5.41) is 0. The Kier molecular flexibility index (Phi) is 2.97. The van der Waals surface area contributed by atoms with E-state index in [0.717, 1.165) is 13.0 Å². The van der Waals surface area contributed by atoms with Crippen molar-refractivity contribution in [3.05, 3.63) is 0 Å². The summed E-state index contributed by atoms with van der Waals surface area (Å²) in [5.41, 5.74) is 0. The van der Waals surface area contributed by atoms with Gasteiger partial charge in [0, 0.05) is 6.42 Å². The minimum Gasteiger partial charge on any atom is -0.373 e. The molecule has 0 aliphatic carbocycles. The molecule has 0 aromatic heterocycles. The van der Waals surface area contributed by atoms with Gasteiger partial charge in [0.25, 0.3) is 0 Å². The Bertz CT molecular complexity index is 70.7. The minimum atomic E-state index is 0.449. The fourth-order valence-corrected chi connectivity index (χ4v) is 0.557. The third-order valence-corrected chi connectivity index (χ3v) is 1.13. The van der Waals surface area contributed by atoms with Gasteiger partial charge < -0.3 is 4.74 Å². The van der Waals surface area contributed by atoms with Crippen molar-refractivity contribution in [1.82, 2.24) is 0 Å². The van der Waals surface area contributed by atoms with Crippen molar-refractivity contribution in [2.45, 2.75) is 19.4 Å². The second-order valence-corrected chi connectivity index (χ2v) is 1.97. The highest BCUT2D eigenvalue weighted by Crippen LogP contribution is 2.12. The van der Waals surface area contributed by atoms with Crippen LogP contribution in [0.2, 0.25) is 0 Å². The van der Waals surface area contributed by atoms with Crippen LogP contribution >= 0.6 is 0 Å². The largest absolute Gasteiger partial charge is 0.373 e. The average molecular weight is 132 g/mol. The summed E-state index contributed by atoms with van der Waals surface area (Å²) in [4.78, 5) is 9.41. The molecule has 1 atom stereocenters. The molecule has 0 bridgehead atoms. The van der Waals surface area contributed by atoms with E-state index in [2.05, 4.69) is 4.89 Å². The van der Waals surface area contributed by atoms with Crippen LogP contribution in [0.3, 0.4) is 0 Å². The lowest BCUT2D eigenvalue weighted by atomic mass is 10.4. The first-order chi connectivity index (χ1) is 4.43. The van der Waals surface area contributed by atoms with Crippen LogP contribution in [0.1, 0.15) is 13.3 Å². The number of hydrogen-bond acceptors (Lipinski definition) is 3. The molecule has 1 aliphatic heterocycles.